The van der Waals surface area contributed by atoms with E-state index in [2.05, 4.69) is 4.72 Å². The molecule has 0 heterocycles. The maximum atomic E-state index is 11.9. The molecular weight excluding hydrogens is 312 g/mol. The third-order valence-corrected chi connectivity index (χ3v) is 5.79. The second-order valence-electron chi connectivity index (χ2n) is 4.90. The van der Waals surface area contributed by atoms with Gasteiger partial charge in [0.25, 0.3) is 0 Å². The molecule has 1 rings (SSSR count). The smallest absolute Gasteiger partial charge is 0.232 e. The Morgan fingerprint density at radius 3 is 2.19 bits per heavy atom. The Morgan fingerprint density at radius 2 is 1.71 bits per heavy atom. The first-order valence-electron chi connectivity index (χ1n) is 6.59. The lowest BCUT2D eigenvalue weighted by molar-refractivity contribution is 0.579. The first-order chi connectivity index (χ1) is 9.57. The summed E-state index contributed by atoms with van der Waals surface area (Å²) in [5.41, 5.74) is 2.59. The van der Waals surface area contributed by atoms with Crippen LogP contribution in [-0.4, -0.2) is 41.9 Å². The fraction of sp³-hybridized carbons (Fsp3) is 0.538. The summed E-state index contributed by atoms with van der Waals surface area (Å²) >= 11 is 0. The van der Waals surface area contributed by atoms with Gasteiger partial charge in [-0.25, -0.2) is 21.6 Å². The summed E-state index contributed by atoms with van der Waals surface area (Å²) in [7, 11) is -6.80. The van der Waals surface area contributed by atoms with Crippen molar-refractivity contribution in [2.75, 3.05) is 29.4 Å². The SMILES string of the molecule is CCS(=O)(=O)NCCN(c1ccc(C)c(C)c1)S(C)(=O)=O. The number of anilines is 1. The first kappa shape index (κ1) is 17.9. The first-order valence-corrected chi connectivity index (χ1v) is 10.1. The molecule has 0 atom stereocenters. The molecule has 0 fully saturated rings. The van der Waals surface area contributed by atoms with Crippen LogP contribution in [0.5, 0.6) is 0 Å². The maximum Gasteiger partial charge on any atom is 0.232 e. The molecule has 0 aromatic heterocycles. The summed E-state index contributed by atoms with van der Waals surface area (Å²) < 4.78 is 50.2. The molecule has 0 saturated carbocycles. The van der Waals surface area contributed by atoms with Crippen LogP contribution in [0.25, 0.3) is 0 Å². The normalized spacial score (nSPS) is 12.4. The van der Waals surface area contributed by atoms with Gasteiger partial charge in [0.05, 0.1) is 17.7 Å². The van der Waals surface area contributed by atoms with Crippen molar-refractivity contribution >= 4 is 25.7 Å². The summed E-state index contributed by atoms with van der Waals surface area (Å²) in [4.78, 5) is 0. The Bertz CT molecular complexity index is 697. The van der Waals surface area contributed by atoms with Gasteiger partial charge in [0, 0.05) is 13.1 Å². The van der Waals surface area contributed by atoms with Crippen molar-refractivity contribution in [3.63, 3.8) is 0 Å². The predicted octanol–water partition coefficient (Wildman–Crippen LogP) is 1.01. The molecule has 0 aliphatic carbocycles. The van der Waals surface area contributed by atoms with Gasteiger partial charge in [0.1, 0.15) is 0 Å². The molecule has 1 N–H and O–H groups in total. The largest absolute Gasteiger partial charge is 0.269 e. The lowest BCUT2D eigenvalue weighted by Crippen LogP contribution is -2.38. The molecular formula is C13H22N2O4S2. The van der Waals surface area contributed by atoms with Gasteiger partial charge in [-0.15, -0.1) is 0 Å². The van der Waals surface area contributed by atoms with Gasteiger partial charge in [-0.3, -0.25) is 4.31 Å². The van der Waals surface area contributed by atoms with Gasteiger partial charge in [-0.05, 0) is 44.0 Å². The number of hydrogen-bond acceptors (Lipinski definition) is 4. The minimum Gasteiger partial charge on any atom is -0.269 e. The van der Waals surface area contributed by atoms with Gasteiger partial charge >= 0.3 is 0 Å². The van der Waals surface area contributed by atoms with Crippen LogP contribution in [-0.2, 0) is 20.0 Å². The average Bonchev–Trinajstić information content (AvgIpc) is 2.37. The van der Waals surface area contributed by atoms with Crippen LogP contribution in [0, 0.1) is 13.8 Å². The minimum absolute atomic E-state index is 0.0322. The van der Waals surface area contributed by atoms with E-state index in [0.717, 1.165) is 17.4 Å². The zero-order chi connectivity index (χ0) is 16.3. The second-order valence-corrected chi connectivity index (χ2v) is 8.90. The van der Waals surface area contributed by atoms with E-state index in [9.17, 15) is 16.8 Å². The van der Waals surface area contributed by atoms with E-state index < -0.39 is 20.0 Å². The zero-order valence-electron chi connectivity index (χ0n) is 12.8. The maximum absolute atomic E-state index is 11.9. The number of nitrogens with one attached hydrogen (secondary N) is 1. The quantitative estimate of drug-likeness (QED) is 0.806. The van der Waals surface area contributed by atoms with Gasteiger partial charge in [0.2, 0.25) is 20.0 Å². The molecule has 0 radical (unpaired) electrons. The van der Waals surface area contributed by atoms with E-state index in [-0.39, 0.29) is 18.8 Å². The van der Waals surface area contributed by atoms with E-state index >= 15 is 0 Å². The van der Waals surface area contributed by atoms with E-state index in [1.807, 2.05) is 19.9 Å². The Labute approximate surface area is 127 Å². The zero-order valence-corrected chi connectivity index (χ0v) is 14.4. The lowest BCUT2D eigenvalue weighted by atomic mass is 10.1. The monoisotopic (exact) mass is 334 g/mol. The highest BCUT2D eigenvalue weighted by atomic mass is 32.2. The van der Waals surface area contributed by atoms with E-state index in [1.165, 1.54) is 11.2 Å². The molecule has 6 nitrogen and oxygen atoms in total. The minimum atomic E-state index is -3.47. The Morgan fingerprint density at radius 1 is 1.10 bits per heavy atom. The molecule has 120 valence electrons. The van der Waals surface area contributed by atoms with Gasteiger partial charge in [0.15, 0.2) is 0 Å². The highest BCUT2D eigenvalue weighted by Crippen LogP contribution is 2.20. The molecule has 0 aliphatic rings. The lowest BCUT2D eigenvalue weighted by Gasteiger charge is -2.23. The third-order valence-electron chi connectivity index (χ3n) is 3.20. The summed E-state index contributed by atoms with van der Waals surface area (Å²) in [5, 5.41) is 0. The van der Waals surface area contributed by atoms with Crippen LogP contribution in [0.2, 0.25) is 0 Å². The van der Waals surface area contributed by atoms with Crippen molar-refractivity contribution in [2.45, 2.75) is 20.8 Å². The molecule has 0 spiro atoms. The van der Waals surface area contributed by atoms with E-state index in [0.29, 0.717) is 5.69 Å². The molecule has 0 bridgehead atoms. The van der Waals surface area contributed by atoms with Crippen molar-refractivity contribution < 1.29 is 16.8 Å². The molecule has 8 heteroatoms. The van der Waals surface area contributed by atoms with Crippen molar-refractivity contribution in [2.24, 2.45) is 0 Å². The number of aryl methyl sites for hydroxylation is 2. The summed E-state index contributed by atoms with van der Waals surface area (Å²) in [6.07, 6.45) is 1.11. The summed E-state index contributed by atoms with van der Waals surface area (Å²) in [5.74, 6) is -0.0322. The molecule has 1 aromatic carbocycles. The van der Waals surface area contributed by atoms with Gasteiger partial charge < -0.3 is 0 Å². The number of rotatable bonds is 7. The predicted molar refractivity (Wildman–Crippen MR) is 85.6 cm³/mol. The third kappa shape index (κ3) is 5.29. The molecule has 21 heavy (non-hydrogen) atoms. The highest BCUT2D eigenvalue weighted by Gasteiger charge is 2.18. The second kappa shape index (κ2) is 6.76. The summed E-state index contributed by atoms with van der Waals surface area (Å²) in [6.45, 7) is 5.47. The van der Waals surface area contributed by atoms with Crippen LogP contribution in [0.1, 0.15) is 18.1 Å². The molecule has 0 saturated heterocycles. The van der Waals surface area contributed by atoms with Crippen LogP contribution in [0.15, 0.2) is 18.2 Å². The van der Waals surface area contributed by atoms with Crippen molar-refractivity contribution in [3.8, 4) is 0 Å². The molecule has 0 unspecified atom stereocenters. The van der Waals surface area contributed by atoms with Crippen LogP contribution >= 0.6 is 0 Å². The topological polar surface area (TPSA) is 83.6 Å². The fourth-order valence-corrected chi connectivity index (χ4v) is 3.30. The standard InChI is InChI=1S/C13H22N2O4S2/c1-5-21(18,19)14-8-9-15(20(4,16)17)13-7-6-11(2)12(3)10-13/h6-7,10,14H,5,8-9H2,1-4H3. The Hall–Kier alpha value is -1.12. The number of hydrogen-bond donors (Lipinski definition) is 1. The van der Waals surface area contributed by atoms with Gasteiger partial charge in [-0.2, -0.15) is 0 Å². The van der Waals surface area contributed by atoms with Crippen LogP contribution < -0.4 is 9.03 Å². The average molecular weight is 334 g/mol. The van der Waals surface area contributed by atoms with Gasteiger partial charge in [-0.1, -0.05) is 6.07 Å². The highest BCUT2D eigenvalue weighted by molar-refractivity contribution is 7.92. The van der Waals surface area contributed by atoms with Crippen LogP contribution in [0.3, 0.4) is 0 Å². The number of nitrogens with zero attached hydrogens (tertiary/aromatic N) is 1. The molecule has 0 amide bonds. The number of sulfonamides is 2. The van der Waals surface area contributed by atoms with Crippen molar-refractivity contribution in [3.05, 3.63) is 29.3 Å². The summed E-state index contributed by atoms with van der Waals surface area (Å²) in [6, 6.07) is 5.35. The molecule has 1 aromatic rings. The van der Waals surface area contributed by atoms with Crippen LogP contribution in [0.4, 0.5) is 5.69 Å². The molecule has 0 aliphatic heterocycles. The van der Waals surface area contributed by atoms with E-state index in [1.54, 1.807) is 12.1 Å². The van der Waals surface area contributed by atoms with E-state index in [4.69, 9.17) is 0 Å². The Balaban J connectivity index is 2.95. The van der Waals surface area contributed by atoms with Crippen molar-refractivity contribution in [1.29, 1.82) is 0 Å². The Kier molecular flexibility index (Phi) is 5.77. The van der Waals surface area contributed by atoms with Crippen molar-refractivity contribution in [1.82, 2.24) is 4.72 Å². The number of benzene rings is 1. The fourth-order valence-electron chi connectivity index (χ4n) is 1.77.